The minimum atomic E-state index is -3.65. The summed E-state index contributed by atoms with van der Waals surface area (Å²) in [6.07, 6.45) is 1.72. The van der Waals surface area contributed by atoms with Gasteiger partial charge in [-0.2, -0.15) is 0 Å². The van der Waals surface area contributed by atoms with Crippen LogP contribution in [0.1, 0.15) is 52.5 Å². The van der Waals surface area contributed by atoms with E-state index in [-0.39, 0.29) is 37.7 Å². The predicted octanol–water partition coefficient (Wildman–Crippen LogP) is 4.75. The summed E-state index contributed by atoms with van der Waals surface area (Å²) in [5.74, 6) is -0.996. The van der Waals surface area contributed by atoms with E-state index in [9.17, 15) is 22.4 Å². The lowest BCUT2D eigenvalue weighted by Crippen LogP contribution is -2.53. The molecule has 7 nitrogen and oxygen atoms in total. The van der Waals surface area contributed by atoms with Crippen LogP contribution in [0.2, 0.25) is 5.02 Å². The van der Waals surface area contributed by atoms with E-state index in [1.54, 1.807) is 24.3 Å². The molecule has 0 aromatic heterocycles. The van der Waals surface area contributed by atoms with Crippen molar-refractivity contribution in [3.63, 3.8) is 0 Å². The molecule has 36 heavy (non-hydrogen) atoms. The first-order chi connectivity index (χ1) is 16.7. The van der Waals surface area contributed by atoms with Crippen molar-refractivity contribution in [2.24, 2.45) is 0 Å². The van der Waals surface area contributed by atoms with E-state index >= 15 is 0 Å². The maximum Gasteiger partial charge on any atom is 0.243 e. The standard InChI is InChI=1S/C26H35ClFN3O4S/c1-6-23(25(33)29-26(2,3)4)30(18-19-9-11-20(27)12-10-19)24(32)8-7-17-31(36(5,34)35)22-15-13-21(28)14-16-22/h9-16,23H,6-8,17-18H2,1-5H3,(H,29,33)/t23-/m0/s1. The molecule has 0 fully saturated rings. The van der Waals surface area contributed by atoms with E-state index in [1.165, 1.54) is 29.2 Å². The van der Waals surface area contributed by atoms with E-state index in [0.29, 0.717) is 17.1 Å². The average Bonchev–Trinajstić information content (AvgIpc) is 2.76. The Morgan fingerprint density at radius 2 is 1.64 bits per heavy atom. The lowest BCUT2D eigenvalue weighted by Gasteiger charge is -2.33. The first kappa shape index (κ1) is 29.6. The molecule has 1 atom stereocenters. The largest absolute Gasteiger partial charge is 0.350 e. The minimum absolute atomic E-state index is 0.0279. The van der Waals surface area contributed by atoms with Crippen LogP contribution < -0.4 is 9.62 Å². The van der Waals surface area contributed by atoms with Gasteiger partial charge in [0.2, 0.25) is 21.8 Å². The number of amides is 2. The second-order valence-corrected chi connectivity index (χ2v) is 12.1. The van der Waals surface area contributed by atoms with Crippen LogP contribution in [0.15, 0.2) is 48.5 Å². The Balaban J connectivity index is 2.22. The van der Waals surface area contributed by atoms with Gasteiger partial charge in [0.05, 0.1) is 11.9 Å². The molecular weight excluding hydrogens is 505 g/mol. The van der Waals surface area contributed by atoms with Gasteiger partial charge < -0.3 is 10.2 Å². The molecular formula is C26H35ClFN3O4S. The molecule has 0 heterocycles. The van der Waals surface area contributed by atoms with Crippen LogP contribution in [0.5, 0.6) is 0 Å². The van der Waals surface area contributed by atoms with E-state index in [0.717, 1.165) is 16.1 Å². The number of benzene rings is 2. The summed E-state index contributed by atoms with van der Waals surface area (Å²) >= 11 is 6.00. The van der Waals surface area contributed by atoms with Crippen molar-refractivity contribution in [1.82, 2.24) is 10.2 Å². The van der Waals surface area contributed by atoms with Crippen molar-refractivity contribution in [1.29, 1.82) is 0 Å². The Labute approximate surface area is 218 Å². The van der Waals surface area contributed by atoms with Crippen molar-refractivity contribution >= 4 is 39.1 Å². The molecule has 0 bridgehead atoms. The number of halogens is 2. The molecule has 0 aliphatic rings. The molecule has 0 spiro atoms. The second-order valence-electron chi connectivity index (χ2n) is 9.73. The quantitative estimate of drug-likeness (QED) is 0.446. The van der Waals surface area contributed by atoms with Crippen molar-refractivity contribution < 1.29 is 22.4 Å². The number of nitrogens with one attached hydrogen (secondary N) is 1. The molecule has 10 heteroatoms. The minimum Gasteiger partial charge on any atom is -0.350 e. The van der Waals surface area contributed by atoms with E-state index < -0.39 is 27.4 Å². The molecule has 0 radical (unpaired) electrons. The Kier molecular flexibility index (Phi) is 10.3. The smallest absolute Gasteiger partial charge is 0.243 e. The van der Waals surface area contributed by atoms with Crippen LogP contribution >= 0.6 is 11.6 Å². The van der Waals surface area contributed by atoms with Gasteiger partial charge in [-0.1, -0.05) is 30.7 Å². The summed E-state index contributed by atoms with van der Waals surface area (Å²) in [6, 6.07) is 11.5. The molecule has 2 aromatic rings. The molecule has 0 aliphatic carbocycles. The summed E-state index contributed by atoms with van der Waals surface area (Å²) in [7, 11) is -3.65. The van der Waals surface area contributed by atoms with Crippen molar-refractivity contribution in [2.75, 3.05) is 17.1 Å². The third-order valence-corrected chi connectivity index (χ3v) is 6.86. The normalized spacial score (nSPS) is 12.6. The van der Waals surface area contributed by atoms with E-state index in [4.69, 9.17) is 11.6 Å². The van der Waals surface area contributed by atoms with Gasteiger partial charge in [0, 0.05) is 30.1 Å². The maximum atomic E-state index is 13.4. The molecule has 2 aromatic carbocycles. The van der Waals surface area contributed by atoms with Crippen molar-refractivity contribution in [2.45, 2.75) is 65.1 Å². The molecule has 2 rings (SSSR count). The highest BCUT2D eigenvalue weighted by Gasteiger charge is 2.30. The van der Waals surface area contributed by atoms with Gasteiger partial charge in [-0.15, -0.1) is 0 Å². The summed E-state index contributed by atoms with van der Waals surface area (Å²) in [5.41, 5.74) is 0.671. The number of carbonyl (C=O) groups is 2. The molecule has 2 amide bonds. The number of hydrogen-bond donors (Lipinski definition) is 1. The van der Waals surface area contributed by atoms with Gasteiger partial charge in [0.25, 0.3) is 0 Å². The molecule has 0 unspecified atom stereocenters. The molecule has 1 N–H and O–H groups in total. The van der Waals surface area contributed by atoms with Crippen LogP contribution in [0.3, 0.4) is 0 Å². The first-order valence-electron chi connectivity index (χ1n) is 11.8. The zero-order valence-electron chi connectivity index (χ0n) is 21.4. The summed E-state index contributed by atoms with van der Waals surface area (Å²) in [4.78, 5) is 28.0. The maximum absolute atomic E-state index is 13.4. The Bertz CT molecular complexity index is 1130. The third kappa shape index (κ3) is 9.09. The highest BCUT2D eigenvalue weighted by Crippen LogP contribution is 2.21. The Morgan fingerprint density at radius 3 is 2.14 bits per heavy atom. The zero-order chi connectivity index (χ0) is 27.1. The Morgan fingerprint density at radius 1 is 1.06 bits per heavy atom. The van der Waals surface area contributed by atoms with E-state index in [1.807, 2.05) is 27.7 Å². The molecule has 0 saturated heterocycles. The predicted molar refractivity (Wildman–Crippen MR) is 142 cm³/mol. The monoisotopic (exact) mass is 539 g/mol. The number of carbonyl (C=O) groups excluding carboxylic acids is 2. The van der Waals surface area contributed by atoms with E-state index in [2.05, 4.69) is 5.32 Å². The molecule has 0 aliphatic heterocycles. The second kappa shape index (κ2) is 12.5. The molecule has 0 saturated carbocycles. The van der Waals surface area contributed by atoms with Gasteiger partial charge >= 0.3 is 0 Å². The lowest BCUT2D eigenvalue weighted by atomic mass is 10.0. The summed E-state index contributed by atoms with van der Waals surface area (Å²) in [6.45, 7) is 7.71. The van der Waals surface area contributed by atoms with Gasteiger partial charge in [0.1, 0.15) is 11.9 Å². The topological polar surface area (TPSA) is 86.8 Å². The first-order valence-corrected chi connectivity index (χ1v) is 14.0. The van der Waals surface area contributed by atoms with Crippen LogP contribution in [-0.4, -0.2) is 49.5 Å². The fourth-order valence-corrected chi connectivity index (χ4v) is 4.86. The fraction of sp³-hybridized carbons (Fsp3) is 0.462. The number of nitrogens with zero attached hydrogens (tertiary/aromatic N) is 2. The van der Waals surface area contributed by atoms with Gasteiger partial charge in [0.15, 0.2) is 0 Å². The van der Waals surface area contributed by atoms with Crippen molar-refractivity contribution in [3.05, 3.63) is 64.9 Å². The van der Waals surface area contributed by atoms with Crippen LogP contribution in [0.25, 0.3) is 0 Å². The lowest BCUT2D eigenvalue weighted by molar-refractivity contribution is -0.142. The van der Waals surface area contributed by atoms with Gasteiger partial charge in [-0.25, -0.2) is 12.8 Å². The fourth-order valence-electron chi connectivity index (χ4n) is 3.77. The van der Waals surface area contributed by atoms with Crippen LogP contribution in [0.4, 0.5) is 10.1 Å². The van der Waals surface area contributed by atoms with Crippen LogP contribution in [0, 0.1) is 5.82 Å². The van der Waals surface area contributed by atoms with Gasteiger partial charge in [-0.05, 0) is 75.6 Å². The number of rotatable bonds is 11. The third-order valence-electron chi connectivity index (χ3n) is 5.42. The van der Waals surface area contributed by atoms with Crippen LogP contribution in [-0.2, 0) is 26.2 Å². The summed E-state index contributed by atoms with van der Waals surface area (Å²) in [5, 5.41) is 3.51. The highest BCUT2D eigenvalue weighted by molar-refractivity contribution is 7.92. The zero-order valence-corrected chi connectivity index (χ0v) is 23.0. The number of hydrogen-bond acceptors (Lipinski definition) is 4. The van der Waals surface area contributed by atoms with Crippen molar-refractivity contribution in [3.8, 4) is 0 Å². The number of sulfonamides is 1. The Hall–Kier alpha value is -2.65. The van der Waals surface area contributed by atoms with Gasteiger partial charge in [-0.3, -0.25) is 13.9 Å². The molecule has 198 valence electrons. The summed E-state index contributed by atoms with van der Waals surface area (Å²) < 4.78 is 39.1. The number of anilines is 1. The highest BCUT2D eigenvalue weighted by atomic mass is 35.5. The average molecular weight is 540 g/mol. The SMILES string of the molecule is CC[C@@H](C(=O)NC(C)(C)C)N(Cc1ccc(Cl)cc1)C(=O)CCCN(c1ccc(F)cc1)S(C)(=O)=O.